The topological polar surface area (TPSA) is 12.9 Å². The number of rotatable bonds is 2. The molecule has 0 saturated carbocycles. The molecule has 18 heavy (non-hydrogen) atoms. The Hall–Kier alpha value is -0.850. The number of pyridine rings is 1. The Morgan fingerprint density at radius 2 is 1.56 bits per heavy atom. The molecule has 0 fully saturated rings. The van der Waals surface area contributed by atoms with Crippen LogP contribution in [0.15, 0.2) is 0 Å². The highest BCUT2D eigenvalue weighted by molar-refractivity contribution is 5.46. The minimum absolute atomic E-state index is 0.651. The fourth-order valence-corrected chi connectivity index (χ4v) is 3.35. The van der Waals surface area contributed by atoms with E-state index in [1.807, 2.05) is 13.8 Å². The fourth-order valence-electron chi connectivity index (χ4n) is 3.35. The van der Waals surface area contributed by atoms with Crippen molar-refractivity contribution in [3.05, 3.63) is 28.1 Å². The Morgan fingerprint density at radius 3 is 2.28 bits per heavy atom. The minimum Gasteiger partial charge on any atom is -0.257 e. The van der Waals surface area contributed by atoms with Crippen molar-refractivity contribution in [3.63, 3.8) is 0 Å². The third kappa shape index (κ3) is 2.20. The van der Waals surface area contributed by atoms with Gasteiger partial charge in [-0.2, -0.15) is 0 Å². The van der Waals surface area contributed by atoms with Crippen LogP contribution in [-0.2, 0) is 25.7 Å². The lowest BCUT2D eigenvalue weighted by atomic mass is 9.94. The number of hydrogen-bond acceptors (Lipinski definition) is 1. The van der Waals surface area contributed by atoms with Crippen molar-refractivity contribution in [1.82, 2.24) is 4.98 Å². The maximum Gasteiger partial charge on any atom is 0.0469 e. The number of fused-ring (bicyclic) bond motifs is 3. The molecule has 3 rings (SSSR count). The predicted molar refractivity (Wildman–Crippen MR) is 78.3 cm³/mol. The number of aryl methyl sites for hydroxylation is 1. The van der Waals surface area contributed by atoms with Crippen molar-refractivity contribution in [3.8, 4) is 0 Å². The van der Waals surface area contributed by atoms with Gasteiger partial charge < -0.3 is 0 Å². The fraction of sp³-hybridized carbons (Fsp3) is 0.706. The first-order chi connectivity index (χ1) is 8.81. The second kappa shape index (κ2) is 5.86. The van der Waals surface area contributed by atoms with E-state index in [1.165, 1.54) is 56.3 Å². The van der Waals surface area contributed by atoms with Crippen LogP contribution in [0.4, 0.5) is 0 Å². The van der Waals surface area contributed by atoms with E-state index in [0.29, 0.717) is 5.92 Å². The van der Waals surface area contributed by atoms with Gasteiger partial charge in [-0.1, -0.05) is 27.7 Å². The summed E-state index contributed by atoms with van der Waals surface area (Å²) in [6.07, 6.45) is 9.05. The van der Waals surface area contributed by atoms with Crippen molar-refractivity contribution < 1.29 is 0 Å². The Morgan fingerprint density at radius 1 is 0.944 bits per heavy atom. The Bertz CT molecular complexity index is 420. The van der Waals surface area contributed by atoms with Crippen LogP contribution < -0.4 is 0 Å². The first-order valence-corrected chi connectivity index (χ1v) is 7.84. The van der Waals surface area contributed by atoms with Crippen molar-refractivity contribution in [2.45, 2.75) is 78.6 Å². The van der Waals surface area contributed by atoms with Crippen LogP contribution in [-0.4, -0.2) is 4.98 Å². The van der Waals surface area contributed by atoms with E-state index in [-0.39, 0.29) is 0 Å². The van der Waals surface area contributed by atoms with Crippen molar-refractivity contribution in [2.75, 3.05) is 0 Å². The van der Waals surface area contributed by atoms with Crippen molar-refractivity contribution in [2.24, 2.45) is 0 Å². The van der Waals surface area contributed by atoms with Gasteiger partial charge in [-0.15, -0.1) is 0 Å². The first-order valence-electron chi connectivity index (χ1n) is 7.84. The molecule has 0 aromatic carbocycles. The molecule has 0 N–H and O–H groups in total. The molecule has 1 heteroatoms. The van der Waals surface area contributed by atoms with Crippen molar-refractivity contribution in [1.29, 1.82) is 0 Å². The standard InChI is InChI=1S/C15H21N.C2H6/c1-3-10(2)15-13-8-4-6-11(13)12-7-5-9-14(12)16-15;1-2/h10H,3-9H2,1-2H3;1-2H3. The zero-order valence-corrected chi connectivity index (χ0v) is 12.5. The average molecular weight is 245 g/mol. The average Bonchev–Trinajstić information content (AvgIpc) is 3.06. The van der Waals surface area contributed by atoms with E-state index in [0.717, 1.165) is 0 Å². The van der Waals surface area contributed by atoms with Crippen molar-refractivity contribution >= 4 is 0 Å². The molecule has 2 aliphatic carbocycles. The van der Waals surface area contributed by atoms with Gasteiger partial charge in [0.1, 0.15) is 0 Å². The summed E-state index contributed by atoms with van der Waals surface area (Å²) in [4.78, 5) is 5.00. The lowest BCUT2D eigenvalue weighted by Crippen LogP contribution is -2.06. The highest BCUT2D eigenvalue weighted by Crippen LogP contribution is 2.36. The summed E-state index contributed by atoms with van der Waals surface area (Å²) >= 11 is 0. The highest BCUT2D eigenvalue weighted by Gasteiger charge is 2.26. The van der Waals surface area contributed by atoms with Gasteiger partial charge in [0.05, 0.1) is 0 Å². The predicted octanol–water partition coefficient (Wildman–Crippen LogP) is 4.60. The molecule has 1 aromatic rings. The SMILES string of the molecule is CC.CCC(C)c1nc2c(c3c1CCC3)CCC2. The van der Waals surface area contributed by atoms with E-state index < -0.39 is 0 Å². The van der Waals surface area contributed by atoms with E-state index >= 15 is 0 Å². The van der Waals surface area contributed by atoms with Gasteiger partial charge in [0.25, 0.3) is 0 Å². The Kier molecular flexibility index (Phi) is 4.42. The molecule has 1 nitrogen and oxygen atoms in total. The van der Waals surface area contributed by atoms with Gasteiger partial charge in [0.15, 0.2) is 0 Å². The van der Waals surface area contributed by atoms with E-state index in [1.54, 1.807) is 16.7 Å². The summed E-state index contributed by atoms with van der Waals surface area (Å²) in [6.45, 7) is 8.61. The van der Waals surface area contributed by atoms with Gasteiger partial charge >= 0.3 is 0 Å². The number of aromatic nitrogens is 1. The van der Waals surface area contributed by atoms with Gasteiger partial charge in [-0.05, 0) is 67.6 Å². The first kappa shape index (κ1) is 13.6. The number of hydrogen-bond donors (Lipinski definition) is 0. The molecule has 0 bridgehead atoms. The summed E-state index contributed by atoms with van der Waals surface area (Å²) in [5, 5.41) is 0. The van der Waals surface area contributed by atoms with Crippen LogP contribution in [0.2, 0.25) is 0 Å². The van der Waals surface area contributed by atoms with Crippen LogP contribution in [0.5, 0.6) is 0 Å². The second-order valence-electron chi connectivity index (χ2n) is 5.40. The van der Waals surface area contributed by atoms with E-state index in [9.17, 15) is 0 Å². The molecular weight excluding hydrogens is 218 g/mol. The van der Waals surface area contributed by atoms with E-state index in [2.05, 4.69) is 13.8 Å². The van der Waals surface area contributed by atoms with Gasteiger partial charge in [0, 0.05) is 11.4 Å². The quantitative estimate of drug-likeness (QED) is 0.742. The summed E-state index contributed by atoms with van der Waals surface area (Å²) < 4.78 is 0. The molecule has 0 radical (unpaired) electrons. The van der Waals surface area contributed by atoms with Gasteiger partial charge in [0.2, 0.25) is 0 Å². The zero-order valence-electron chi connectivity index (χ0n) is 12.5. The van der Waals surface area contributed by atoms with Crippen LogP contribution in [0, 0.1) is 0 Å². The van der Waals surface area contributed by atoms with Crippen LogP contribution in [0.1, 0.15) is 81.0 Å². The molecule has 2 aliphatic rings. The summed E-state index contributed by atoms with van der Waals surface area (Å²) in [5.41, 5.74) is 7.86. The Balaban J connectivity index is 0.000000574. The molecule has 1 heterocycles. The zero-order chi connectivity index (χ0) is 13.1. The molecule has 1 aromatic heterocycles. The van der Waals surface area contributed by atoms with Gasteiger partial charge in [-0.25, -0.2) is 0 Å². The van der Waals surface area contributed by atoms with E-state index in [4.69, 9.17) is 4.98 Å². The maximum absolute atomic E-state index is 5.00. The molecule has 0 aliphatic heterocycles. The molecule has 1 unspecified atom stereocenters. The summed E-state index contributed by atoms with van der Waals surface area (Å²) in [5.74, 6) is 0.651. The highest BCUT2D eigenvalue weighted by atomic mass is 14.7. The monoisotopic (exact) mass is 245 g/mol. The molecule has 0 saturated heterocycles. The largest absolute Gasteiger partial charge is 0.257 e. The smallest absolute Gasteiger partial charge is 0.0469 e. The minimum atomic E-state index is 0.651. The van der Waals surface area contributed by atoms with Crippen LogP contribution in [0.3, 0.4) is 0 Å². The molecular formula is C17H27N. The molecule has 100 valence electrons. The molecule has 0 spiro atoms. The van der Waals surface area contributed by atoms with Gasteiger partial charge in [-0.3, -0.25) is 4.98 Å². The third-order valence-electron chi connectivity index (χ3n) is 4.41. The van der Waals surface area contributed by atoms with Crippen LogP contribution in [0.25, 0.3) is 0 Å². The lowest BCUT2D eigenvalue weighted by molar-refractivity contribution is 0.691. The molecule has 0 amide bonds. The van der Waals surface area contributed by atoms with Crippen LogP contribution >= 0.6 is 0 Å². The third-order valence-corrected chi connectivity index (χ3v) is 4.41. The maximum atomic E-state index is 5.00. The Labute approximate surface area is 112 Å². The second-order valence-corrected chi connectivity index (χ2v) is 5.40. The summed E-state index contributed by atoms with van der Waals surface area (Å²) in [6, 6.07) is 0. The number of nitrogens with zero attached hydrogens (tertiary/aromatic N) is 1. The normalized spacial score (nSPS) is 17.8. The summed E-state index contributed by atoms with van der Waals surface area (Å²) in [7, 11) is 0. The lowest BCUT2D eigenvalue weighted by Gasteiger charge is -2.16. The molecule has 1 atom stereocenters.